The highest BCUT2D eigenvalue weighted by Crippen LogP contribution is 2.29. The number of thiophene rings is 1. The molecule has 0 radical (unpaired) electrons. The summed E-state index contributed by atoms with van der Waals surface area (Å²) < 4.78 is 27.1. The van der Waals surface area contributed by atoms with Crippen molar-refractivity contribution in [2.45, 2.75) is 23.1 Å². The number of rotatable bonds is 3. The standard InChI is InChI=1S/C14H21N3O3S2/c1-15-7-9-16(10-8-15)14(18)12-4-2-6-17(12)22(19,20)13-5-3-11-21-13/h3,5,11-12H,2,4,6-10H2,1H3. The molecule has 0 spiro atoms. The molecule has 8 heteroatoms. The number of likely N-dealkylation sites (N-methyl/N-ethyl adjacent to an activating group) is 1. The molecule has 1 amide bonds. The number of carbonyl (C=O) groups is 1. The zero-order valence-corrected chi connectivity index (χ0v) is 14.3. The highest BCUT2D eigenvalue weighted by molar-refractivity contribution is 7.91. The van der Waals surface area contributed by atoms with Crippen LogP contribution >= 0.6 is 11.3 Å². The summed E-state index contributed by atoms with van der Waals surface area (Å²) >= 11 is 1.21. The van der Waals surface area contributed by atoms with Gasteiger partial charge in [-0.05, 0) is 31.3 Å². The molecular formula is C14H21N3O3S2. The number of carbonyl (C=O) groups excluding carboxylic acids is 1. The molecule has 2 fully saturated rings. The van der Waals surface area contributed by atoms with Crippen molar-refractivity contribution in [3.8, 4) is 0 Å². The zero-order valence-electron chi connectivity index (χ0n) is 12.6. The minimum absolute atomic E-state index is 0.0364. The molecule has 0 aliphatic carbocycles. The molecule has 22 heavy (non-hydrogen) atoms. The van der Waals surface area contributed by atoms with E-state index < -0.39 is 16.1 Å². The molecule has 0 N–H and O–H groups in total. The lowest BCUT2D eigenvalue weighted by Gasteiger charge is -2.35. The summed E-state index contributed by atoms with van der Waals surface area (Å²) in [7, 11) is -1.51. The van der Waals surface area contributed by atoms with Crippen LogP contribution in [0.15, 0.2) is 21.7 Å². The third-order valence-corrected chi connectivity index (χ3v) is 7.64. The SMILES string of the molecule is CN1CCN(C(=O)C2CCCN2S(=O)(=O)c2cccs2)CC1. The predicted octanol–water partition coefficient (Wildman–Crippen LogP) is 0.675. The molecule has 1 aromatic heterocycles. The molecule has 2 aliphatic heterocycles. The van der Waals surface area contributed by atoms with E-state index in [9.17, 15) is 13.2 Å². The molecule has 0 aromatic carbocycles. The van der Waals surface area contributed by atoms with Gasteiger partial charge in [-0.3, -0.25) is 4.79 Å². The van der Waals surface area contributed by atoms with Crippen LogP contribution in [0.1, 0.15) is 12.8 Å². The molecule has 3 heterocycles. The third-order valence-electron chi connectivity index (χ3n) is 4.36. The Morgan fingerprint density at radius 1 is 1.23 bits per heavy atom. The maximum atomic E-state index is 12.7. The van der Waals surface area contributed by atoms with Crippen LogP contribution < -0.4 is 0 Å². The van der Waals surface area contributed by atoms with E-state index in [-0.39, 0.29) is 5.91 Å². The molecule has 0 saturated carbocycles. The summed E-state index contributed by atoms with van der Waals surface area (Å²) in [6, 6.07) is 2.80. The van der Waals surface area contributed by atoms with Crippen LogP contribution in [-0.2, 0) is 14.8 Å². The van der Waals surface area contributed by atoms with Crippen LogP contribution in [0, 0.1) is 0 Å². The van der Waals surface area contributed by atoms with Crippen molar-refractivity contribution in [1.29, 1.82) is 0 Å². The van der Waals surface area contributed by atoms with Gasteiger partial charge in [-0.2, -0.15) is 4.31 Å². The second-order valence-electron chi connectivity index (χ2n) is 5.83. The van der Waals surface area contributed by atoms with E-state index >= 15 is 0 Å². The van der Waals surface area contributed by atoms with Gasteiger partial charge in [-0.15, -0.1) is 11.3 Å². The van der Waals surface area contributed by atoms with Crippen LogP contribution in [0.5, 0.6) is 0 Å². The van der Waals surface area contributed by atoms with Gasteiger partial charge in [0.2, 0.25) is 5.91 Å². The Hall–Kier alpha value is -0.960. The molecule has 1 unspecified atom stereocenters. The number of hydrogen-bond acceptors (Lipinski definition) is 5. The number of hydrogen-bond donors (Lipinski definition) is 0. The smallest absolute Gasteiger partial charge is 0.253 e. The highest BCUT2D eigenvalue weighted by Gasteiger charge is 2.41. The average Bonchev–Trinajstić information content (AvgIpc) is 3.19. The van der Waals surface area contributed by atoms with Crippen molar-refractivity contribution in [2.75, 3.05) is 39.8 Å². The largest absolute Gasteiger partial charge is 0.339 e. The van der Waals surface area contributed by atoms with E-state index in [4.69, 9.17) is 0 Å². The van der Waals surface area contributed by atoms with Gasteiger partial charge in [-0.1, -0.05) is 6.07 Å². The zero-order chi connectivity index (χ0) is 15.7. The lowest BCUT2D eigenvalue weighted by Crippen LogP contribution is -2.53. The molecule has 3 rings (SSSR count). The summed E-state index contributed by atoms with van der Waals surface area (Å²) in [6.45, 7) is 3.48. The Morgan fingerprint density at radius 2 is 1.95 bits per heavy atom. The van der Waals surface area contributed by atoms with Crippen LogP contribution in [0.3, 0.4) is 0 Å². The maximum absolute atomic E-state index is 12.7. The number of piperazine rings is 1. The van der Waals surface area contributed by atoms with E-state index in [1.165, 1.54) is 15.6 Å². The minimum Gasteiger partial charge on any atom is -0.339 e. The Morgan fingerprint density at radius 3 is 2.59 bits per heavy atom. The van der Waals surface area contributed by atoms with Gasteiger partial charge in [0.25, 0.3) is 10.0 Å². The topological polar surface area (TPSA) is 60.9 Å². The van der Waals surface area contributed by atoms with Crippen molar-refractivity contribution < 1.29 is 13.2 Å². The molecule has 2 saturated heterocycles. The first-order valence-corrected chi connectivity index (χ1v) is 9.85. The van der Waals surface area contributed by atoms with E-state index in [1.54, 1.807) is 17.5 Å². The quantitative estimate of drug-likeness (QED) is 0.810. The first kappa shape index (κ1) is 15.9. The molecule has 122 valence electrons. The Bertz CT molecular complexity index is 622. The van der Waals surface area contributed by atoms with Gasteiger partial charge >= 0.3 is 0 Å². The average molecular weight is 343 g/mol. The summed E-state index contributed by atoms with van der Waals surface area (Å²) in [5.41, 5.74) is 0. The van der Waals surface area contributed by atoms with Crippen LogP contribution in [0.4, 0.5) is 0 Å². The Labute approximate surface area is 135 Å². The third kappa shape index (κ3) is 2.92. The first-order valence-electron chi connectivity index (χ1n) is 7.53. The summed E-state index contributed by atoms with van der Waals surface area (Å²) in [4.78, 5) is 16.7. The summed E-state index contributed by atoms with van der Waals surface area (Å²) in [5, 5.41) is 1.75. The van der Waals surface area contributed by atoms with Crippen molar-refractivity contribution in [2.24, 2.45) is 0 Å². The van der Waals surface area contributed by atoms with E-state index in [2.05, 4.69) is 4.90 Å². The molecular weight excluding hydrogens is 322 g/mol. The lowest BCUT2D eigenvalue weighted by atomic mass is 10.2. The van der Waals surface area contributed by atoms with Gasteiger partial charge in [0.15, 0.2) is 0 Å². The number of sulfonamides is 1. The Kier molecular flexibility index (Phi) is 4.54. The number of amides is 1. The fraction of sp³-hybridized carbons (Fsp3) is 0.643. The second-order valence-corrected chi connectivity index (χ2v) is 8.90. The van der Waals surface area contributed by atoms with E-state index in [0.717, 1.165) is 19.5 Å². The fourth-order valence-electron chi connectivity index (χ4n) is 3.04. The van der Waals surface area contributed by atoms with Gasteiger partial charge in [0, 0.05) is 32.7 Å². The molecule has 2 aliphatic rings. The predicted molar refractivity (Wildman–Crippen MR) is 85.3 cm³/mol. The van der Waals surface area contributed by atoms with Crippen molar-refractivity contribution in [3.05, 3.63) is 17.5 Å². The fourth-order valence-corrected chi connectivity index (χ4v) is 5.81. The molecule has 0 bridgehead atoms. The van der Waals surface area contributed by atoms with Gasteiger partial charge in [0.05, 0.1) is 0 Å². The van der Waals surface area contributed by atoms with Gasteiger partial charge < -0.3 is 9.80 Å². The number of nitrogens with zero attached hydrogens (tertiary/aromatic N) is 3. The first-order chi connectivity index (χ1) is 10.5. The maximum Gasteiger partial charge on any atom is 0.253 e. The minimum atomic E-state index is -3.55. The molecule has 6 nitrogen and oxygen atoms in total. The van der Waals surface area contributed by atoms with E-state index in [0.29, 0.717) is 30.3 Å². The van der Waals surface area contributed by atoms with E-state index in [1.807, 2.05) is 11.9 Å². The van der Waals surface area contributed by atoms with Gasteiger partial charge in [0.1, 0.15) is 10.3 Å². The summed E-state index contributed by atoms with van der Waals surface area (Å²) in [5.74, 6) is -0.0364. The van der Waals surface area contributed by atoms with Crippen molar-refractivity contribution >= 4 is 27.3 Å². The van der Waals surface area contributed by atoms with Crippen molar-refractivity contribution in [1.82, 2.24) is 14.1 Å². The summed E-state index contributed by atoms with van der Waals surface area (Å²) in [6.07, 6.45) is 1.37. The molecule has 1 aromatic rings. The monoisotopic (exact) mass is 343 g/mol. The van der Waals surface area contributed by atoms with Gasteiger partial charge in [-0.25, -0.2) is 8.42 Å². The van der Waals surface area contributed by atoms with Crippen LogP contribution in [-0.4, -0.2) is 74.2 Å². The highest BCUT2D eigenvalue weighted by atomic mass is 32.2. The van der Waals surface area contributed by atoms with Crippen LogP contribution in [0.25, 0.3) is 0 Å². The normalized spacial score (nSPS) is 24.8. The van der Waals surface area contributed by atoms with Crippen LogP contribution in [0.2, 0.25) is 0 Å². The van der Waals surface area contributed by atoms with Crippen molar-refractivity contribution in [3.63, 3.8) is 0 Å². The molecule has 1 atom stereocenters. The Balaban J connectivity index is 1.77. The lowest BCUT2D eigenvalue weighted by molar-refractivity contribution is -0.136. The second kappa shape index (κ2) is 6.27.